The number of nitrogens with zero attached hydrogens (tertiary/aromatic N) is 1. The van der Waals surface area contributed by atoms with E-state index < -0.39 is 0 Å². The molecule has 5 rings (SSSR count). The van der Waals surface area contributed by atoms with Crippen LogP contribution in [0.3, 0.4) is 0 Å². The van der Waals surface area contributed by atoms with E-state index in [0.717, 1.165) is 60.6 Å². The molecule has 0 aliphatic carbocycles. The van der Waals surface area contributed by atoms with Gasteiger partial charge in [0.25, 0.3) is 0 Å². The summed E-state index contributed by atoms with van der Waals surface area (Å²) in [6.07, 6.45) is 2.00. The summed E-state index contributed by atoms with van der Waals surface area (Å²) in [5.74, 6) is 1.68. The molecule has 0 radical (unpaired) electrons. The number of ether oxygens (including phenoxy) is 1. The second-order valence-corrected chi connectivity index (χ2v) is 8.17. The van der Waals surface area contributed by atoms with Crippen LogP contribution in [-0.2, 0) is 0 Å². The average Bonchev–Trinajstić information content (AvgIpc) is 3.39. The van der Waals surface area contributed by atoms with Gasteiger partial charge in [-0.15, -0.1) is 0 Å². The molecule has 0 saturated heterocycles. The number of aromatic amines is 2. The van der Waals surface area contributed by atoms with E-state index in [0.29, 0.717) is 0 Å². The summed E-state index contributed by atoms with van der Waals surface area (Å²) in [6.45, 7) is 2.04. The van der Waals surface area contributed by atoms with Gasteiger partial charge in [-0.3, -0.25) is 0 Å². The van der Waals surface area contributed by atoms with E-state index in [1.165, 1.54) is 0 Å². The number of hydrogen-bond acceptors (Lipinski definition) is 2. The fourth-order valence-corrected chi connectivity index (χ4v) is 4.14. The number of aryl methyl sites for hydroxylation is 1. The Morgan fingerprint density at radius 3 is 2.57 bits per heavy atom. The van der Waals surface area contributed by atoms with Crippen molar-refractivity contribution in [3.63, 3.8) is 0 Å². The lowest BCUT2D eigenvalue weighted by Gasteiger charge is -2.08. The van der Waals surface area contributed by atoms with Crippen molar-refractivity contribution in [2.45, 2.75) is 6.92 Å². The third-order valence-corrected chi connectivity index (χ3v) is 5.84. The third kappa shape index (κ3) is 3.21. The van der Waals surface area contributed by atoms with E-state index in [1.54, 1.807) is 7.11 Å². The van der Waals surface area contributed by atoms with Gasteiger partial charge in [0, 0.05) is 38.3 Å². The van der Waals surface area contributed by atoms with E-state index in [1.807, 2.05) is 43.5 Å². The van der Waals surface area contributed by atoms with Gasteiger partial charge in [0.2, 0.25) is 0 Å². The first-order valence-corrected chi connectivity index (χ1v) is 10.5. The second kappa shape index (κ2) is 7.50. The second-order valence-electron chi connectivity index (χ2n) is 7.25. The molecular weight excluding hydrogens is 438 g/mol. The molecule has 2 N–H and O–H groups in total. The number of fused-ring (bicyclic) bond motifs is 1. The van der Waals surface area contributed by atoms with Crippen molar-refractivity contribution in [1.29, 1.82) is 0 Å². The molecule has 5 heteroatoms. The van der Waals surface area contributed by atoms with Gasteiger partial charge in [0.1, 0.15) is 11.6 Å². The van der Waals surface area contributed by atoms with Crippen LogP contribution in [0.25, 0.3) is 44.8 Å². The molecular formula is C25H20BrN3O. The zero-order chi connectivity index (χ0) is 20.7. The van der Waals surface area contributed by atoms with Gasteiger partial charge in [0.05, 0.1) is 18.5 Å². The largest absolute Gasteiger partial charge is 0.496 e. The molecule has 2 aromatic heterocycles. The van der Waals surface area contributed by atoms with Crippen molar-refractivity contribution in [3.05, 3.63) is 83.0 Å². The topological polar surface area (TPSA) is 53.7 Å². The van der Waals surface area contributed by atoms with Crippen molar-refractivity contribution in [2.24, 2.45) is 0 Å². The molecule has 0 spiro atoms. The summed E-state index contributed by atoms with van der Waals surface area (Å²) in [7, 11) is 1.70. The summed E-state index contributed by atoms with van der Waals surface area (Å²) >= 11 is 3.58. The predicted octanol–water partition coefficient (Wildman–Crippen LogP) is 6.97. The van der Waals surface area contributed by atoms with Crippen LogP contribution in [0.2, 0.25) is 0 Å². The number of nitrogens with one attached hydrogen (secondary N) is 2. The van der Waals surface area contributed by atoms with E-state index in [2.05, 4.69) is 62.3 Å². The van der Waals surface area contributed by atoms with Crippen molar-refractivity contribution >= 4 is 26.8 Å². The van der Waals surface area contributed by atoms with E-state index in [-0.39, 0.29) is 0 Å². The van der Waals surface area contributed by atoms with Gasteiger partial charge >= 0.3 is 0 Å². The zero-order valence-electron chi connectivity index (χ0n) is 16.7. The van der Waals surface area contributed by atoms with E-state index >= 15 is 0 Å². The zero-order valence-corrected chi connectivity index (χ0v) is 18.2. The predicted molar refractivity (Wildman–Crippen MR) is 126 cm³/mol. The first-order valence-electron chi connectivity index (χ1n) is 9.71. The van der Waals surface area contributed by atoms with Crippen LogP contribution in [-0.4, -0.2) is 22.1 Å². The highest BCUT2D eigenvalue weighted by atomic mass is 79.9. The number of hydrogen-bond donors (Lipinski definition) is 2. The fourth-order valence-electron chi connectivity index (χ4n) is 3.78. The molecule has 0 aliphatic rings. The molecule has 0 saturated carbocycles. The molecule has 0 fully saturated rings. The highest BCUT2D eigenvalue weighted by Gasteiger charge is 2.18. The third-order valence-electron chi connectivity index (χ3n) is 5.35. The number of aromatic nitrogens is 3. The van der Waals surface area contributed by atoms with Crippen LogP contribution in [0.1, 0.15) is 5.56 Å². The van der Waals surface area contributed by atoms with Gasteiger partial charge in [0.15, 0.2) is 0 Å². The molecule has 3 aromatic carbocycles. The van der Waals surface area contributed by atoms with Gasteiger partial charge < -0.3 is 14.7 Å². The molecule has 0 unspecified atom stereocenters. The van der Waals surface area contributed by atoms with Crippen LogP contribution in [0.5, 0.6) is 5.75 Å². The van der Waals surface area contributed by atoms with Gasteiger partial charge in [-0.25, -0.2) is 4.98 Å². The highest BCUT2D eigenvalue weighted by molar-refractivity contribution is 9.10. The van der Waals surface area contributed by atoms with Crippen LogP contribution in [0.15, 0.2) is 77.4 Å². The Balaban J connectivity index is 1.74. The van der Waals surface area contributed by atoms with Crippen molar-refractivity contribution < 1.29 is 4.74 Å². The number of benzene rings is 3. The van der Waals surface area contributed by atoms with Crippen molar-refractivity contribution in [1.82, 2.24) is 15.0 Å². The summed E-state index contributed by atoms with van der Waals surface area (Å²) in [4.78, 5) is 12.0. The molecule has 148 valence electrons. The Morgan fingerprint density at radius 2 is 1.77 bits per heavy atom. The van der Waals surface area contributed by atoms with Crippen molar-refractivity contribution in [3.8, 4) is 39.7 Å². The summed E-state index contributed by atoms with van der Waals surface area (Å²) in [6, 6.07) is 22.7. The molecule has 30 heavy (non-hydrogen) atoms. The molecule has 2 heterocycles. The quantitative estimate of drug-likeness (QED) is 0.306. The van der Waals surface area contributed by atoms with E-state index in [9.17, 15) is 0 Å². The summed E-state index contributed by atoms with van der Waals surface area (Å²) in [5.41, 5.74) is 7.20. The van der Waals surface area contributed by atoms with Gasteiger partial charge in [-0.2, -0.15) is 0 Å². The van der Waals surface area contributed by atoms with Gasteiger partial charge in [-0.05, 0) is 36.8 Å². The average molecular weight is 458 g/mol. The minimum Gasteiger partial charge on any atom is -0.496 e. The maximum Gasteiger partial charge on any atom is 0.140 e. The monoisotopic (exact) mass is 457 g/mol. The number of halogens is 1. The Morgan fingerprint density at radius 1 is 0.933 bits per heavy atom. The molecule has 0 bridgehead atoms. The first kappa shape index (κ1) is 18.7. The Labute approximate surface area is 183 Å². The smallest absolute Gasteiger partial charge is 0.140 e. The lowest BCUT2D eigenvalue weighted by atomic mass is 10.0. The van der Waals surface area contributed by atoms with Crippen LogP contribution in [0, 0.1) is 6.92 Å². The minimum absolute atomic E-state index is 0.827. The van der Waals surface area contributed by atoms with Gasteiger partial charge in [-0.1, -0.05) is 58.4 Å². The minimum atomic E-state index is 0.827. The summed E-state index contributed by atoms with van der Waals surface area (Å²) in [5, 5.41) is 1.12. The fraction of sp³-hybridized carbons (Fsp3) is 0.0800. The number of H-pyrrole nitrogens is 2. The molecule has 0 amide bonds. The number of rotatable bonds is 4. The van der Waals surface area contributed by atoms with Crippen molar-refractivity contribution in [2.75, 3.05) is 7.11 Å². The summed E-state index contributed by atoms with van der Waals surface area (Å²) < 4.78 is 6.59. The maximum atomic E-state index is 5.55. The maximum absolute atomic E-state index is 5.55. The number of imidazole rings is 1. The Bertz CT molecular complexity index is 1350. The lowest BCUT2D eigenvalue weighted by molar-refractivity contribution is 0.412. The normalized spacial score (nSPS) is 11.2. The lowest BCUT2D eigenvalue weighted by Crippen LogP contribution is -1.89. The first-order chi connectivity index (χ1) is 14.6. The highest BCUT2D eigenvalue weighted by Crippen LogP contribution is 2.37. The van der Waals surface area contributed by atoms with Crippen LogP contribution in [0.4, 0.5) is 0 Å². The standard InChI is InChI=1S/C25H20BrN3O/c1-15-8-9-17(12-22(15)30-2)24-23(16-6-4-3-5-7-16)28-25(29-24)20-14-27-21-11-10-18(26)13-19(20)21/h3-14,27H,1-2H3,(H,28,29). The Kier molecular flexibility index (Phi) is 4.68. The molecule has 5 aromatic rings. The number of methoxy groups -OCH3 is 1. The molecule has 4 nitrogen and oxygen atoms in total. The van der Waals surface area contributed by atoms with Crippen LogP contribution >= 0.6 is 15.9 Å². The Hall–Kier alpha value is -3.31. The SMILES string of the molecule is COc1cc(-c2nc(-c3c[nH]c4ccc(Br)cc34)[nH]c2-c2ccccc2)ccc1C. The van der Waals surface area contributed by atoms with Crippen LogP contribution < -0.4 is 4.74 Å². The molecule has 0 aliphatic heterocycles. The van der Waals surface area contributed by atoms with E-state index in [4.69, 9.17) is 9.72 Å². The molecule has 0 atom stereocenters.